The number of aromatic nitrogens is 4. The van der Waals surface area contributed by atoms with Crippen molar-refractivity contribution in [1.29, 1.82) is 0 Å². The van der Waals surface area contributed by atoms with Crippen molar-refractivity contribution in [3.05, 3.63) is 64.7 Å². The van der Waals surface area contributed by atoms with Crippen molar-refractivity contribution in [3.8, 4) is 0 Å². The maximum atomic E-state index is 11.9. The van der Waals surface area contributed by atoms with Gasteiger partial charge in [0.2, 0.25) is 0 Å². The molecule has 0 aliphatic rings. The molecule has 0 saturated carbocycles. The van der Waals surface area contributed by atoms with Gasteiger partial charge in [0.05, 0.1) is 13.7 Å². The van der Waals surface area contributed by atoms with Crippen LogP contribution in [0, 0.1) is 13.8 Å². The largest absolute Gasteiger partial charge is 0.355 e. The average molecular weight is 418 g/mol. The predicted octanol–water partition coefficient (Wildman–Crippen LogP) is 4.17. The Bertz CT molecular complexity index is 1300. The van der Waals surface area contributed by atoms with Crippen LogP contribution in [0.5, 0.6) is 0 Å². The van der Waals surface area contributed by atoms with Crippen molar-refractivity contribution in [1.82, 2.24) is 24.6 Å². The molecule has 0 saturated heterocycles. The number of hydrogen-bond donors (Lipinski definition) is 1. The number of rotatable bonds is 6. The third-order valence-electron chi connectivity index (χ3n) is 5.45. The van der Waals surface area contributed by atoms with E-state index in [1.807, 2.05) is 13.0 Å². The van der Waals surface area contributed by atoms with Crippen LogP contribution >= 0.6 is 0 Å². The maximum Gasteiger partial charge on any atom is 0.269 e. The van der Waals surface area contributed by atoms with E-state index in [1.54, 1.807) is 13.1 Å². The molecule has 0 spiro atoms. The Hall–Kier alpha value is -3.45. The van der Waals surface area contributed by atoms with Gasteiger partial charge in [-0.1, -0.05) is 13.0 Å². The Morgan fingerprint density at radius 2 is 2.03 bits per heavy atom. The number of benzene rings is 1. The lowest BCUT2D eigenvalue weighted by atomic mass is 10.1. The molecule has 0 aliphatic carbocycles. The molecule has 31 heavy (non-hydrogen) atoms. The number of hydroxylamine groups is 2. The molecule has 7 heteroatoms. The number of fused-ring (bicyclic) bond motifs is 2. The number of H-pyrrole nitrogens is 1. The summed E-state index contributed by atoms with van der Waals surface area (Å²) in [6, 6.07) is 10.5. The van der Waals surface area contributed by atoms with Crippen LogP contribution in [0.25, 0.3) is 28.1 Å². The molecule has 0 bridgehead atoms. The molecule has 7 nitrogen and oxygen atoms in total. The van der Waals surface area contributed by atoms with E-state index in [9.17, 15) is 4.79 Å². The number of amides is 1. The van der Waals surface area contributed by atoms with Crippen molar-refractivity contribution >= 4 is 34.1 Å². The molecule has 0 atom stereocenters. The van der Waals surface area contributed by atoms with Crippen LogP contribution in [0.15, 0.2) is 36.4 Å². The molecule has 4 aromatic rings. The lowest BCUT2D eigenvalue weighted by molar-refractivity contribution is -0.162. The van der Waals surface area contributed by atoms with Crippen molar-refractivity contribution in [3.63, 3.8) is 0 Å². The number of carbonyl (C=O) groups excluding carboxylic acids is 1. The van der Waals surface area contributed by atoms with Crippen LogP contribution in [0.1, 0.15) is 35.3 Å². The van der Waals surface area contributed by atoms with E-state index in [0.29, 0.717) is 6.54 Å². The van der Waals surface area contributed by atoms with E-state index in [4.69, 9.17) is 14.8 Å². The first-order valence-electron chi connectivity index (χ1n) is 10.3. The summed E-state index contributed by atoms with van der Waals surface area (Å²) in [6.07, 6.45) is 4.09. The van der Waals surface area contributed by atoms with E-state index in [-0.39, 0.29) is 5.91 Å². The lowest BCUT2D eigenvalue weighted by Crippen LogP contribution is -2.22. The van der Waals surface area contributed by atoms with Gasteiger partial charge in [-0.05, 0) is 55.3 Å². The van der Waals surface area contributed by atoms with Gasteiger partial charge in [0.25, 0.3) is 5.91 Å². The van der Waals surface area contributed by atoms with Crippen LogP contribution in [-0.4, -0.2) is 44.6 Å². The minimum absolute atomic E-state index is 0.223. The molecule has 0 unspecified atom stereocenters. The van der Waals surface area contributed by atoms with Gasteiger partial charge < -0.3 is 9.55 Å². The summed E-state index contributed by atoms with van der Waals surface area (Å²) < 4.78 is 2.21. The van der Waals surface area contributed by atoms with Gasteiger partial charge in [-0.3, -0.25) is 9.63 Å². The van der Waals surface area contributed by atoms with Crippen molar-refractivity contribution < 1.29 is 9.63 Å². The van der Waals surface area contributed by atoms with Crippen LogP contribution in [0.4, 0.5) is 0 Å². The Labute approximate surface area is 181 Å². The fourth-order valence-corrected chi connectivity index (χ4v) is 3.82. The molecule has 0 fully saturated rings. The number of likely N-dealkylation sites (N-methyl/N-ethyl adjacent to an activating group) is 1. The molecule has 4 rings (SSSR count). The third-order valence-corrected chi connectivity index (χ3v) is 5.45. The molecule has 3 aromatic heterocycles. The zero-order valence-electron chi connectivity index (χ0n) is 18.6. The molecule has 1 aromatic carbocycles. The summed E-state index contributed by atoms with van der Waals surface area (Å²) in [7, 11) is 3.04. The van der Waals surface area contributed by atoms with E-state index in [1.165, 1.54) is 23.8 Å². The number of hydrogen-bond acceptors (Lipinski definition) is 4. The van der Waals surface area contributed by atoms with Gasteiger partial charge in [0.1, 0.15) is 11.3 Å². The zero-order chi connectivity index (χ0) is 22.1. The van der Waals surface area contributed by atoms with Gasteiger partial charge in [-0.25, -0.2) is 15.0 Å². The summed E-state index contributed by atoms with van der Waals surface area (Å²) in [5.74, 6) is 0.814. The number of pyridine rings is 1. The Morgan fingerprint density at radius 1 is 1.23 bits per heavy atom. The van der Waals surface area contributed by atoms with Gasteiger partial charge in [-0.2, -0.15) is 0 Å². The predicted molar refractivity (Wildman–Crippen MR) is 123 cm³/mol. The summed E-state index contributed by atoms with van der Waals surface area (Å²) in [6.45, 7) is 6.93. The highest BCUT2D eigenvalue weighted by atomic mass is 16.7. The molecular formula is C24H27N5O2. The lowest BCUT2D eigenvalue weighted by Gasteiger charge is -2.09. The van der Waals surface area contributed by atoms with E-state index >= 15 is 0 Å². The molecule has 1 amide bonds. The van der Waals surface area contributed by atoms with Crippen molar-refractivity contribution in [2.75, 3.05) is 14.2 Å². The van der Waals surface area contributed by atoms with Crippen LogP contribution in [-0.2, 0) is 22.6 Å². The number of aryl methyl sites for hydroxylation is 3. The smallest absolute Gasteiger partial charge is 0.269 e. The molecule has 3 heterocycles. The highest BCUT2D eigenvalue weighted by molar-refractivity contribution is 5.92. The maximum absolute atomic E-state index is 11.9. The second-order valence-electron chi connectivity index (χ2n) is 7.72. The standard InChI is InChI=1S/C24H27N5O2/c1-6-21-27-23-15(2)11-16(3)25-24(23)29(21)14-17-7-9-20-18(12-17)13-19(26-20)8-10-22(30)28(4)31-5/h7-13,26H,6,14H2,1-5H3/b10-8+. The second-order valence-corrected chi connectivity index (χ2v) is 7.72. The first kappa shape index (κ1) is 20.8. The van der Waals surface area contributed by atoms with Crippen molar-refractivity contribution in [2.24, 2.45) is 0 Å². The minimum Gasteiger partial charge on any atom is -0.355 e. The molecule has 160 valence electrons. The van der Waals surface area contributed by atoms with Gasteiger partial charge in [0.15, 0.2) is 5.65 Å². The zero-order valence-corrected chi connectivity index (χ0v) is 18.6. The molecule has 1 N–H and O–H groups in total. The van der Waals surface area contributed by atoms with Crippen LogP contribution in [0.3, 0.4) is 0 Å². The van der Waals surface area contributed by atoms with Crippen molar-refractivity contribution in [2.45, 2.75) is 33.7 Å². The van der Waals surface area contributed by atoms with E-state index < -0.39 is 0 Å². The Morgan fingerprint density at radius 3 is 2.77 bits per heavy atom. The quantitative estimate of drug-likeness (QED) is 0.377. The van der Waals surface area contributed by atoms with Gasteiger partial charge in [-0.15, -0.1) is 0 Å². The normalized spacial score (nSPS) is 11.8. The SMILES string of the molecule is CCc1nc2c(C)cc(C)nc2n1Cc1ccc2[nH]c(/C=C/C(=O)N(C)OC)cc2c1. The highest BCUT2D eigenvalue weighted by Crippen LogP contribution is 2.23. The Balaban J connectivity index is 1.66. The first-order valence-corrected chi connectivity index (χ1v) is 10.3. The van der Waals surface area contributed by atoms with Crippen LogP contribution < -0.4 is 0 Å². The Kier molecular flexibility index (Phi) is 5.61. The average Bonchev–Trinajstić information content (AvgIpc) is 3.32. The fraction of sp³-hybridized carbons (Fsp3) is 0.292. The second kappa shape index (κ2) is 8.35. The highest BCUT2D eigenvalue weighted by Gasteiger charge is 2.14. The summed E-state index contributed by atoms with van der Waals surface area (Å²) in [4.78, 5) is 29.7. The molecule has 0 radical (unpaired) electrons. The van der Waals surface area contributed by atoms with Gasteiger partial charge in [0, 0.05) is 41.8 Å². The number of nitrogens with zero attached hydrogens (tertiary/aromatic N) is 4. The molecular weight excluding hydrogens is 390 g/mol. The first-order chi connectivity index (χ1) is 14.9. The number of aromatic amines is 1. The fourth-order valence-electron chi connectivity index (χ4n) is 3.82. The molecule has 0 aliphatic heterocycles. The topological polar surface area (TPSA) is 76.0 Å². The van der Waals surface area contributed by atoms with E-state index in [2.05, 4.69) is 47.7 Å². The minimum atomic E-state index is -0.223. The van der Waals surface area contributed by atoms with Crippen LogP contribution in [0.2, 0.25) is 0 Å². The summed E-state index contributed by atoms with van der Waals surface area (Å²) in [5.41, 5.74) is 7.12. The summed E-state index contributed by atoms with van der Waals surface area (Å²) >= 11 is 0. The monoisotopic (exact) mass is 417 g/mol. The third kappa shape index (κ3) is 4.09. The van der Waals surface area contributed by atoms with E-state index in [0.717, 1.165) is 51.3 Å². The number of nitrogens with one attached hydrogen (secondary N) is 1. The number of carbonyl (C=O) groups is 1. The van der Waals surface area contributed by atoms with Gasteiger partial charge >= 0.3 is 0 Å². The summed E-state index contributed by atoms with van der Waals surface area (Å²) in [5, 5.41) is 2.27. The number of imidazole rings is 1.